The van der Waals surface area contributed by atoms with E-state index < -0.39 is 0 Å². The van der Waals surface area contributed by atoms with Crippen molar-refractivity contribution in [2.45, 2.75) is 6.54 Å². The zero-order valence-electron chi connectivity index (χ0n) is 14.8. The molecule has 4 nitrogen and oxygen atoms in total. The summed E-state index contributed by atoms with van der Waals surface area (Å²) in [4.78, 5) is 19.1. The topological polar surface area (TPSA) is 26.8 Å². The molecule has 1 amide bonds. The first kappa shape index (κ1) is 17.8. The van der Waals surface area contributed by atoms with Crippen LogP contribution in [0.2, 0.25) is 5.02 Å². The van der Waals surface area contributed by atoms with Crippen LogP contribution in [0.1, 0.15) is 15.9 Å². The summed E-state index contributed by atoms with van der Waals surface area (Å²) in [5.41, 5.74) is 3.06. The van der Waals surface area contributed by atoms with Crippen LogP contribution in [0.15, 0.2) is 48.5 Å². The van der Waals surface area contributed by atoms with E-state index in [4.69, 9.17) is 11.6 Å². The first-order valence-electron chi connectivity index (χ1n) is 8.56. The Kier molecular flexibility index (Phi) is 5.61. The fourth-order valence-electron chi connectivity index (χ4n) is 3.06. The van der Waals surface area contributed by atoms with E-state index in [0.29, 0.717) is 0 Å². The van der Waals surface area contributed by atoms with Crippen molar-refractivity contribution in [3.8, 4) is 0 Å². The molecule has 132 valence electrons. The summed E-state index contributed by atoms with van der Waals surface area (Å²) in [6.07, 6.45) is 0. The van der Waals surface area contributed by atoms with Crippen LogP contribution in [-0.4, -0.2) is 56.0 Å². The van der Waals surface area contributed by atoms with Crippen molar-refractivity contribution in [2.75, 3.05) is 45.2 Å². The Labute approximate surface area is 154 Å². The summed E-state index contributed by atoms with van der Waals surface area (Å²) in [5, 5.41) is 0.763. The Hall–Kier alpha value is -2.04. The molecule has 2 aromatic rings. The molecule has 0 aliphatic carbocycles. The summed E-state index contributed by atoms with van der Waals surface area (Å²) < 4.78 is 0. The number of hydrogen-bond acceptors (Lipinski definition) is 3. The Morgan fingerprint density at radius 3 is 2.36 bits per heavy atom. The Balaban J connectivity index is 1.57. The number of halogens is 1. The number of anilines is 1. The van der Waals surface area contributed by atoms with Crippen molar-refractivity contribution in [1.29, 1.82) is 0 Å². The zero-order valence-corrected chi connectivity index (χ0v) is 15.5. The molecule has 0 atom stereocenters. The second kappa shape index (κ2) is 7.89. The van der Waals surface area contributed by atoms with Crippen LogP contribution < -0.4 is 4.90 Å². The van der Waals surface area contributed by atoms with Crippen LogP contribution >= 0.6 is 11.6 Å². The highest BCUT2D eigenvalue weighted by Gasteiger charge is 2.22. The number of hydrogen-bond donors (Lipinski definition) is 0. The third kappa shape index (κ3) is 4.53. The van der Waals surface area contributed by atoms with Gasteiger partial charge in [-0.2, -0.15) is 0 Å². The van der Waals surface area contributed by atoms with Crippen LogP contribution in [0.4, 0.5) is 5.69 Å². The average Bonchev–Trinajstić information content (AvgIpc) is 2.64. The van der Waals surface area contributed by atoms with Gasteiger partial charge in [0.2, 0.25) is 0 Å². The third-order valence-corrected chi connectivity index (χ3v) is 4.84. The van der Waals surface area contributed by atoms with Gasteiger partial charge < -0.3 is 9.80 Å². The highest BCUT2D eigenvalue weighted by molar-refractivity contribution is 6.30. The molecule has 1 aliphatic heterocycles. The Bertz CT molecular complexity index is 722. The van der Waals surface area contributed by atoms with Gasteiger partial charge in [-0.1, -0.05) is 29.8 Å². The van der Waals surface area contributed by atoms with Crippen molar-refractivity contribution in [3.63, 3.8) is 0 Å². The maximum Gasteiger partial charge on any atom is 0.254 e. The third-order valence-electron chi connectivity index (χ3n) is 4.59. The van der Waals surface area contributed by atoms with Gasteiger partial charge in [0, 0.05) is 63.1 Å². The monoisotopic (exact) mass is 357 g/mol. The second-order valence-electron chi connectivity index (χ2n) is 6.64. The van der Waals surface area contributed by atoms with Crippen molar-refractivity contribution < 1.29 is 4.79 Å². The second-order valence-corrected chi connectivity index (χ2v) is 7.08. The molecule has 0 spiro atoms. The first-order chi connectivity index (χ1) is 12.0. The minimum Gasteiger partial charge on any atom is -0.378 e. The van der Waals surface area contributed by atoms with Gasteiger partial charge in [0.1, 0.15) is 0 Å². The number of amides is 1. The van der Waals surface area contributed by atoms with Crippen molar-refractivity contribution >= 4 is 23.2 Å². The summed E-state index contributed by atoms with van der Waals surface area (Å²) >= 11 is 5.94. The van der Waals surface area contributed by atoms with E-state index in [1.165, 1.54) is 5.56 Å². The number of carbonyl (C=O) groups is 1. The van der Waals surface area contributed by atoms with Crippen molar-refractivity contribution in [2.24, 2.45) is 0 Å². The van der Waals surface area contributed by atoms with Gasteiger partial charge in [0.05, 0.1) is 0 Å². The fourth-order valence-corrected chi connectivity index (χ4v) is 3.18. The molecule has 3 rings (SSSR count). The fraction of sp³-hybridized carbons (Fsp3) is 0.350. The predicted molar refractivity (Wildman–Crippen MR) is 103 cm³/mol. The van der Waals surface area contributed by atoms with E-state index in [0.717, 1.165) is 49.0 Å². The number of rotatable bonds is 4. The smallest absolute Gasteiger partial charge is 0.254 e. The van der Waals surface area contributed by atoms with Gasteiger partial charge in [0.15, 0.2) is 0 Å². The lowest BCUT2D eigenvalue weighted by molar-refractivity contribution is 0.0628. The molecule has 0 saturated carbocycles. The number of piperazine rings is 1. The van der Waals surface area contributed by atoms with E-state index in [1.807, 2.05) is 60.3 Å². The molecular weight excluding hydrogens is 334 g/mol. The van der Waals surface area contributed by atoms with Crippen molar-refractivity contribution in [1.82, 2.24) is 9.80 Å². The van der Waals surface area contributed by atoms with Gasteiger partial charge in [-0.3, -0.25) is 9.69 Å². The van der Waals surface area contributed by atoms with Crippen LogP contribution in [0.3, 0.4) is 0 Å². The molecule has 0 unspecified atom stereocenters. The summed E-state index contributed by atoms with van der Waals surface area (Å²) in [7, 11) is 3.97. The summed E-state index contributed by atoms with van der Waals surface area (Å²) in [6, 6.07) is 15.8. The number of nitrogens with zero attached hydrogens (tertiary/aromatic N) is 3. The largest absolute Gasteiger partial charge is 0.378 e. The Morgan fingerprint density at radius 2 is 1.72 bits per heavy atom. The van der Waals surface area contributed by atoms with Crippen LogP contribution in [0.25, 0.3) is 0 Å². The van der Waals surface area contributed by atoms with Gasteiger partial charge >= 0.3 is 0 Å². The maximum atomic E-state index is 12.8. The standard InChI is InChI=1S/C20H24ClN3O/c1-22(2)19-5-3-4-17(14-19)20(25)24-12-10-23(11-13-24)15-16-6-8-18(21)9-7-16/h3-9,14H,10-13,15H2,1-2H3. The molecule has 25 heavy (non-hydrogen) atoms. The molecule has 1 heterocycles. The molecule has 5 heteroatoms. The van der Waals surface area contributed by atoms with Gasteiger partial charge in [-0.05, 0) is 35.9 Å². The van der Waals surface area contributed by atoms with Gasteiger partial charge in [-0.15, -0.1) is 0 Å². The average molecular weight is 358 g/mol. The molecule has 1 fully saturated rings. The molecular formula is C20H24ClN3O. The molecule has 1 saturated heterocycles. The van der Waals surface area contributed by atoms with E-state index in [9.17, 15) is 4.79 Å². The van der Waals surface area contributed by atoms with Crippen molar-refractivity contribution in [3.05, 3.63) is 64.7 Å². The van der Waals surface area contributed by atoms with E-state index >= 15 is 0 Å². The van der Waals surface area contributed by atoms with Crippen LogP contribution in [0.5, 0.6) is 0 Å². The summed E-state index contributed by atoms with van der Waals surface area (Å²) in [5.74, 6) is 0.120. The lowest BCUT2D eigenvalue weighted by Gasteiger charge is -2.35. The Morgan fingerprint density at radius 1 is 1.04 bits per heavy atom. The minimum absolute atomic E-state index is 0.120. The lowest BCUT2D eigenvalue weighted by Crippen LogP contribution is -2.48. The predicted octanol–water partition coefficient (Wildman–Crippen LogP) is 3.36. The van der Waals surface area contributed by atoms with E-state index in [2.05, 4.69) is 17.0 Å². The van der Waals surface area contributed by atoms with Gasteiger partial charge in [-0.25, -0.2) is 0 Å². The van der Waals surface area contributed by atoms with Crippen LogP contribution in [-0.2, 0) is 6.54 Å². The normalized spacial score (nSPS) is 15.2. The highest BCUT2D eigenvalue weighted by atomic mass is 35.5. The molecule has 2 aromatic carbocycles. The SMILES string of the molecule is CN(C)c1cccc(C(=O)N2CCN(Cc3ccc(Cl)cc3)CC2)c1. The number of carbonyl (C=O) groups excluding carboxylic acids is 1. The molecule has 0 radical (unpaired) electrons. The maximum absolute atomic E-state index is 12.8. The minimum atomic E-state index is 0.120. The zero-order chi connectivity index (χ0) is 17.8. The highest BCUT2D eigenvalue weighted by Crippen LogP contribution is 2.17. The first-order valence-corrected chi connectivity index (χ1v) is 8.94. The molecule has 0 aromatic heterocycles. The van der Waals surface area contributed by atoms with E-state index in [1.54, 1.807) is 0 Å². The van der Waals surface area contributed by atoms with Crippen LogP contribution in [0, 0.1) is 0 Å². The quantitative estimate of drug-likeness (QED) is 0.839. The molecule has 0 bridgehead atoms. The van der Waals surface area contributed by atoms with E-state index in [-0.39, 0.29) is 5.91 Å². The van der Waals surface area contributed by atoms with Gasteiger partial charge in [0.25, 0.3) is 5.91 Å². The lowest BCUT2D eigenvalue weighted by atomic mass is 10.1. The summed E-state index contributed by atoms with van der Waals surface area (Å²) in [6.45, 7) is 4.20. The molecule has 0 N–H and O–H groups in total. The number of benzene rings is 2. The molecule has 1 aliphatic rings.